The van der Waals surface area contributed by atoms with Gasteiger partial charge >= 0.3 is 0 Å². The molecule has 1 saturated heterocycles. The van der Waals surface area contributed by atoms with Crippen molar-refractivity contribution in [3.05, 3.63) is 24.0 Å². The summed E-state index contributed by atoms with van der Waals surface area (Å²) in [7, 11) is 1.64. The van der Waals surface area contributed by atoms with Crippen molar-refractivity contribution in [3.8, 4) is 0 Å². The molecule has 1 fully saturated rings. The highest BCUT2D eigenvalue weighted by atomic mass is 16.5. The predicted octanol–water partition coefficient (Wildman–Crippen LogP) is 0.0541. The van der Waals surface area contributed by atoms with Gasteiger partial charge in [-0.3, -0.25) is 9.59 Å². The van der Waals surface area contributed by atoms with Crippen LogP contribution in [0.2, 0.25) is 0 Å². The quantitative estimate of drug-likeness (QED) is 0.592. The molecular weight excluding hydrogens is 272 g/mol. The molecule has 1 aromatic rings. The number of aromatic nitrogens is 1. The Kier molecular flexibility index (Phi) is 5.51. The zero-order valence-corrected chi connectivity index (χ0v) is 12.1. The van der Waals surface area contributed by atoms with Gasteiger partial charge in [0.2, 0.25) is 6.41 Å². The fourth-order valence-corrected chi connectivity index (χ4v) is 2.11. The second-order valence-corrected chi connectivity index (χ2v) is 4.79. The van der Waals surface area contributed by atoms with Gasteiger partial charge in [0.25, 0.3) is 5.91 Å². The van der Waals surface area contributed by atoms with Gasteiger partial charge in [-0.05, 0) is 12.1 Å². The number of carbonyl (C=O) groups excluding carboxylic acids is 2. The maximum absolute atomic E-state index is 12.3. The molecule has 0 unspecified atom stereocenters. The molecule has 2 heterocycles. The van der Waals surface area contributed by atoms with E-state index in [2.05, 4.69) is 10.3 Å². The van der Waals surface area contributed by atoms with Gasteiger partial charge < -0.3 is 19.9 Å². The Morgan fingerprint density at radius 1 is 1.38 bits per heavy atom. The van der Waals surface area contributed by atoms with Crippen LogP contribution >= 0.6 is 0 Å². The SMILES string of the molecule is COCCNc1ccc(C(=O)N2CCN(C=O)CC2)nc1. The van der Waals surface area contributed by atoms with Crippen LogP contribution in [0.15, 0.2) is 18.3 Å². The third kappa shape index (κ3) is 4.16. The van der Waals surface area contributed by atoms with Gasteiger partial charge in [0.1, 0.15) is 5.69 Å². The molecule has 2 rings (SSSR count). The molecule has 0 aromatic carbocycles. The first-order valence-electron chi connectivity index (χ1n) is 6.92. The van der Waals surface area contributed by atoms with Crippen LogP contribution in [0.5, 0.6) is 0 Å². The summed E-state index contributed by atoms with van der Waals surface area (Å²) in [5, 5.41) is 3.15. The molecule has 0 aliphatic carbocycles. The Morgan fingerprint density at radius 2 is 2.14 bits per heavy atom. The summed E-state index contributed by atoms with van der Waals surface area (Å²) in [4.78, 5) is 30.5. The molecule has 7 heteroatoms. The fraction of sp³-hybridized carbons (Fsp3) is 0.500. The van der Waals surface area contributed by atoms with Crippen molar-refractivity contribution in [2.75, 3.05) is 51.8 Å². The number of hydrogen-bond donors (Lipinski definition) is 1. The average Bonchev–Trinajstić information content (AvgIpc) is 2.55. The fourth-order valence-electron chi connectivity index (χ4n) is 2.11. The minimum atomic E-state index is -0.0935. The minimum absolute atomic E-state index is 0.0935. The molecule has 0 saturated carbocycles. The van der Waals surface area contributed by atoms with E-state index in [-0.39, 0.29) is 5.91 Å². The number of amides is 2. The van der Waals surface area contributed by atoms with Crippen LogP contribution < -0.4 is 5.32 Å². The summed E-state index contributed by atoms with van der Waals surface area (Å²) >= 11 is 0. The van der Waals surface area contributed by atoms with Crippen LogP contribution in [0.4, 0.5) is 5.69 Å². The van der Waals surface area contributed by atoms with Gasteiger partial charge in [0, 0.05) is 39.8 Å². The van der Waals surface area contributed by atoms with E-state index < -0.39 is 0 Å². The number of ether oxygens (including phenoxy) is 1. The van der Waals surface area contributed by atoms with E-state index in [0.717, 1.165) is 12.1 Å². The van der Waals surface area contributed by atoms with Gasteiger partial charge in [0.15, 0.2) is 0 Å². The summed E-state index contributed by atoms with van der Waals surface area (Å²) in [5.74, 6) is -0.0935. The normalized spacial score (nSPS) is 14.9. The Labute approximate surface area is 123 Å². The summed E-state index contributed by atoms with van der Waals surface area (Å²) in [6, 6.07) is 3.54. The number of methoxy groups -OCH3 is 1. The van der Waals surface area contributed by atoms with Crippen molar-refractivity contribution >= 4 is 18.0 Å². The first-order chi connectivity index (χ1) is 10.2. The zero-order valence-electron chi connectivity index (χ0n) is 12.1. The minimum Gasteiger partial charge on any atom is -0.383 e. The molecule has 1 N–H and O–H groups in total. The van der Waals surface area contributed by atoms with Crippen LogP contribution in [0, 0.1) is 0 Å². The Bertz CT molecular complexity index is 470. The summed E-state index contributed by atoms with van der Waals surface area (Å²) < 4.78 is 4.95. The van der Waals surface area contributed by atoms with Crippen LogP contribution in [0.25, 0.3) is 0 Å². The maximum Gasteiger partial charge on any atom is 0.272 e. The monoisotopic (exact) mass is 292 g/mol. The topological polar surface area (TPSA) is 74.8 Å². The number of pyridine rings is 1. The lowest BCUT2D eigenvalue weighted by atomic mass is 10.2. The van der Waals surface area contributed by atoms with Gasteiger partial charge in [0.05, 0.1) is 18.5 Å². The lowest BCUT2D eigenvalue weighted by Gasteiger charge is -2.32. The molecule has 7 nitrogen and oxygen atoms in total. The molecule has 2 amide bonds. The number of hydrogen-bond acceptors (Lipinski definition) is 5. The van der Waals surface area contributed by atoms with Crippen LogP contribution in [0.1, 0.15) is 10.5 Å². The number of nitrogens with one attached hydrogen (secondary N) is 1. The first kappa shape index (κ1) is 15.2. The van der Waals surface area contributed by atoms with Crippen LogP contribution in [-0.4, -0.2) is 73.5 Å². The highest BCUT2D eigenvalue weighted by Gasteiger charge is 2.21. The molecule has 1 aliphatic heterocycles. The van der Waals surface area contributed by atoms with Crippen molar-refractivity contribution in [2.45, 2.75) is 0 Å². The van der Waals surface area contributed by atoms with E-state index in [9.17, 15) is 9.59 Å². The number of rotatable bonds is 6. The summed E-state index contributed by atoms with van der Waals surface area (Å²) in [5.41, 5.74) is 1.28. The van der Waals surface area contributed by atoms with E-state index in [4.69, 9.17) is 4.74 Å². The van der Waals surface area contributed by atoms with Gasteiger partial charge in [-0.25, -0.2) is 4.98 Å². The molecule has 0 bridgehead atoms. The number of nitrogens with zero attached hydrogens (tertiary/aromatic N) is 3. The molecule has 114 valence electrons. The molecule has 1 aromatic heterocycles. The third-order valence-corrected chi connectivity index (χ3v) is 3.37. The lowest BCUT2D eigenvalue weighted by molar-refractivity contribution is -0.119. The van der Waals surface area contributed by atoms with E-state index in [1.807, 2.05) is 6.07 Å². The standard InChI is InChI=1S/C14H20N4O3/c1-21-9-4-15-12-2-3-13(16-10-12)14(20)18-7-5-17(11-19)6-8-18/h2-3,10-11,15H,4-9H2,1H3. The molecule has 1 aliphatic rings. The van der Waals surface area contributed by atoms with Gasteiger partial charge in [-0.1, -0.05) is 0 Å². The van der Waals surface area contributed by atoms with E-state index in [0.29, 0.717) is 45.0 Å². The van der Waals surface area contributed by atoms with Crippen molar-refractivity contribution in [1.82, 2.24) is 14.8 Å². The predicted molar refractivity (Wildman–Crippen MR) is 78.1 cm³/mol. The molecular formula is C14H20N4O3. The Morgan fingerprint density at radius 3 is 2.71 bits per heavy atom. The first-order valence-corrected chi connectivity index (χ1v) is 6.92. The van der Waals surface area contributed by atoms with Crippen molar-refractivity contribution in [3.63, 3.8) is 0 Å². The maximum atomic E-state index is 12.3. The Hall–Kier alpha value is -2.15. The highest BCUT2D eigenvalue weighted by Crippen LogP contribution is 2.10. The number of piperazine rings is 1. The van der Waals surface area contributed by atoms with Crippen molar-refractivity contribution < 1.29 is 14.3 Å². The number of anilines is 1. The second-order valence-electron chi connectivity index (χ2n) is 4.79. The highest BCUT2D eigenvalue weighted by molar-refractivity contribution is 5.92. The smallest absolute Gasteiger partial charge is 0.272 e. The van der Waals surface area contributed by atoms with E-state index in [1.165, 1.54) is 0 Å². The lowest BCUT2D eigenvalue weighted by Crippen LogP contribution is -2.48. The summed E-state index contributed by atoms with van der Waals surface area (Å²) in [6.07, 6.45) is 2.46. The van der Waals surface area contributed by atoms with Crippen LogP contribution in [-0.2, 0) is 9.53 Å². The van der Waals surface area contributed by atoms with Crippen molar-refractivity contribution in [1.29, 1.82) is 0 Å². The van der Waals surface area contributed by atoms with Gasteiger partial charge in [-0.2, -0.15) is 0 Å². The largest absolute Gasteiger partial charge is 0.383 e. The van der Waals surface area contributed by atoms with Crippen LogP contribution in [0.3, 0.4) is 0 Å². The number of carbonyl (C=O) groups is 2. The van der Waals surface area contributed by atoms with Crippen molar-refractivity contribution in [2.24, 2.45) is 0 Å². The van der Waals surface area contributed by atoms with E-state index >= 15 is 0 Å². The molecule has 0 atom stereocenters. The third-order valence-electron chi connectivity index (χ3n) is 3.37. The molecule has 0 spiro atoms. The Balaban J connectivity index is 1.89. The second kappa shape index (κ2) is 7.58. The summed E-state index contributed by atoms with van der Waals surface area (Å²) in [6.45, 7) is 3.55. The molecule has 0 radical (unpaired) electrons. The average molecular weight is 292 g/mol. The van der Waals surface area contributed by atoms with Gasteiger partial charge in [-0.15, -0.1) is 0 Å². The van der Waals surface area contributed by atoms with E-state index in [1.54, 1.807) is 29.2 Å². The zero-order chi connectivity index (χ0) is 15.1. The molecule has 21 heavy (non-hydrogen) atoms.